The number of aryl methyl sites for hydroxylation is 2. The van der Waals surface area contributed by atoms with Crippen LogP contribution < -0.4 is 19.5 Å². The van der Waals surface area contributed by atoms with Gasteiger partial charge in [0.15, 0.2) is 5.82 Å². The first-order valence-electron chi connectivity index (χ1n) is 9.42. The Morgan fingerprint density at radius 1 is 1.03 bits per heavy atom. The van der Waals surface area contributed by atoms with Crippen LogP contribution in [0.15, 0.2) is 48.5 Å². The van der Waals surface area contributed by atoms with Crippen molar-refractivity contribution in [3.8, 4) is 17.2 Å². The Balaban J connectivity index is 1.63. The molecule has 0 atom stereocenters. The van der Waals surface area contributed by atoms with Gasteiger partial charge in [-0.2, -0.15) is 5.10 Å². The van der Waals surface area contributed by atoms with Crippen molar-refractivity contribution in [2.75, 3.05) is 26.1 Å². The van der Waals surface area contributed by atoms with Crippen LogP contribution in [0.3, 0.4) is 0 Å². The third-order valence-corrected chi connectivity index (χ3v) is 4.40. The number of rotatable bonds is 9. The fraction of sp³-hybridized carbons (Fsp3) is 0.273. The number of anilines is 1. The van der Waals surface area contributed by atoms with Gasteiger partial charge in [-0.1, -0.05) is 12.1 Å². The molecule has 152 valence electrons. The number of nitrogens with zero attached hydrogens (tertiary/aromatic N) is 1. The molecule has 0 aliphatic heterocycles. The maximum atomic E-state index is 12.6. The Morgan fingerprint density at radius 3 is 2.45 bits per heavy atom. The number of H-pyrrole nitrogens is 1. The molecule has 0 aliphatic carbocycles. The van der Waals surface area contributed by atoms with Gasteiger partial charge in [0.25, 0.3) is 5.91 Å². The number of nitrogens with one attached hydrogen (secondary N) is 2. The number of aromatic amines is 1. The molecule has 1 amide bonds. The van der Waals surface area contributed by atoms with Gasteiger partial charge in [0.1, 0.15) is 17.2 Å². The van der Waals surface area contributed by atoms with Crippen molar-refractivity contribution in [3.05, 3.63) is 65.4 Å². The average molecular weight is 395 g/mol. The molecule has 2 aromatic carbocycles. The normalized spacial score (nSPS) is 10.4. The largest absolute Gasteiger partial charge is 0.497 e. The lowest BCUT2D eigenvalue weighted by Gasteiger charge is -2.09. The Hall–Kier alpha value is -3.48. The first-order chi connectivity index (χ1) is 14.1. The lowest BCUT2D eigenvalue weighted by atomic mass is 10.1. The predicted molar refractivity (Wildman–Crippen MR) is 111 cm³/mol. The molecule has 3 aromatic rings. The summed E-state index contributed by atoms with van der Waals surface area (Å²) < 4.78 is 16.1. The van der Waals surface area contributed by atoms with Crippen molar-refractivity contribution in [1.82, 2.24) is 10.2 Å². The molecular weight excluding hydrogens is 370 g/mol. The minimum Gasteiger partial charge on any atom is -0.497 e. The summed E-state index contributed by atoms with van der Waals surface area (Å²) >= 11 is 0. The van der Waals surface area contributed by atoms with E-state index < -0.39 is 0 Å². The van der Waals surface area contributed by atoms with Gasteiger partial charge >= 0.3 is 0 Å². The molecule has 3 rings (SSSR count). The maximum Gasteiger partial charge on any atom is 0.260 e. The maximum absolute atomic E-state index is 12.6. The standard InChI is InChI=1S/C22H25N3O4/c1-4-29-20-8-6-5-7-19(20)22(26)23-21-13-16(24-25-21)10-9-15-11-17(27-2)14-18(12-15)28-3/h5-8,11-14H,4,9-10H2,1-3H3,(H2,23,24,25,26). The smallest absolute Gasteiger partial charge is 0.260 e. The molecule has 0 bridgehead atoms. The van der Waals surface area contributed by atoms with Gasteiger partial charge in [-0.15, -0.1) is 0 Å². The first kappa shape index (κ1) is 20.3. The summed E-state index contributed by atoms with van der Waals surface area (Å²) in [6.07, 6.45) is 1.50. The summed E-state index contributed by atoms with van der Waals surface area (Å²) in [4.78, 5) is 12.6. The van der Waals surface area contributed by atoms with E-state index in [0.29, 0.717) is 23.7 Å². The summed E-state index contributed by atoms with van der Waals surface area (Å²) in [7, 11) is 3.26. The molecule has 1 aromatic heterocycles. The van der Waals surface area contributed by atoms with E-state index in [1.165, 1.54) is 0 Å². The van der Waals surface area contributed by atoms with E-state index in [2.05, 4.69) is 15.5 Å². The number of carbonyl (C=O) groups is 1. The second-order valence-electron chi connectivity index (χ2n) is 6.38. The topological polar surface area (TPSA) is 85.5 Å². The number of methoxy groups -OCH3 is 2. The van der Waals surface area contributed by atoms with E-state index in [1.54, 1.807) is 32.4 Å². The molecule has 7 heteroatoms. The Bertz CT molecular complexity index is 946. The van der Waals surface area contributed by atoms with Crippen molar-refractivity contribution in [2.24, 2.45) is 0 Å². The summed E-state index contributed by atoms with van der Waals surface area (Å²) in [5, 5.41) is 9.97. The summed E-state index contributed by atoms with van der Waals surface area (Å²) in [6.45, 7) is 2.37. The van der Waals surface area contributed by atoms with Crippen LogP contribution in [0, 0.1) is 0 Å². The quantitative estimate of drug-likeness (QED) is 0.575. The van der Waals surface area contributed by atoms with E-state index in [9.17, 15) is 4.79 Å². The predicted octanol–water partition coefficient (Wildman–Crippen LogP) is 3.86. The molecule has 0 radical (unpaired) electrons. The van der Waals surface area contributed by atoms with E-state index in [0.717, 1.165) is 35.6 Å². The summed E-state index contributed by atoms with van der Waals surface area (Å²) in [5.74, 6) is 2.27. The number of ether oxygens (including phenoxy) is 3. The van der Waals surface area contributed by atoms with Crippen LogP contribution in [0.1, 0.15) is 28.5 Å². The third kappa shape index (κ3) is 5.28. The van der Waals surface area contributed by atoms with Gasteiger partial charge in [-0.25, -0.2) is 0 Å². The Kier molecular flexibility index (Phi) is 6.73. The van der Waals surface area contributed by atoms with Crippen LogP contribution in [0.4, 0.5) is 5.82 Å². The van der Waals surface area contributed by atoms with Crippen molar-refractivity contribution < 1.29 is 19.0 Å². The van der Waals surface area contributed by atoms with Crippen molar-refractivity contribution in [2.45, 2.75) is 19.8 Å². The fourth-order valence-electron chi connectivity index (χ4n) is 2.96. The molecular formula is C22H25N3O4. The van der Waals surface area contributed by atoms with Crippen LogP contribution in [-0.2, 0) is 12.8 Å². The highest BCUT2D eigenvalue weighted by Gasteiger charge is 2.13. The number of hydrogen-bond donors (Lipinski definition) is 2. The molecule has 0 spiro atoms. The van der Waals surface area contributed by atoms with Crippen LogP contribution in [0.25, 0.3) is 0 Å². The second-order valence-corrected chi connectivity index (χ2v) is 6.38. The Morgan fingerprint density at radius 2 is 1.76 bits per heavy atom. The zero-order valence-corrected chi connectivity index (χ0v) is 16.8. The van der Waals surface area contributed by atoms with E-state index in [4.69, 9.17) is 14.2 Å². The second kappa shape index (κ2) is 9.64. The van der Waals surface area contributed by atoms with E-state index in [-0.39, 0.29) is 5.91 Å². The molecule has 0 fully saturated rings. The number of hydrogen-bond acceptors (Lipinski definition) is 5. The van der Waals surface area contributed by atoms with Crippen LogP contribution >= 0.6 is 0 Å². The highest BCUT2D eigenvalue weighted by molar-refractivity contribution is 6.05. The molecule has 29 heavy (non-hydrogen) atoms. The zero-order chi connectivity index (χ0) is 20.6. The molecule has 1 heterocycles. The van der Waals surface area contributed by atoms with Gasteiger partial charge in [0.2, 0.25) is 0 Å². The first-order valence-corrected chi connectivity index (χ1v) is 9.42. The minimum atomic E-state index is -0.260. The van der Waals surface area contributed by atoms with E-state index in [1.807, 2.05) is 37.3 Å². The Labute approximate surface area is 170 Å². The molecule has 2 N–H and O–H groups in total. The molecule has 0 saturated heterocycles. The van der Waals surface area contributed by atoms with Crippen LogP contribution in [0.5, 0.6) is 17.2 Å². The highest BCUT2D eigenvalue weighted by atomic mass is 16.5. The third-order valence-electron chi connectivity index (χ3n) is 4.40. The fourth-order valence-corrected chi connectivity index (χ4v) is 2.96. The number of amides is 1. The molecule has 0 saturated carbocycles. The minimum absolute atomic E-state index is 0.260. The van der Waals surface area contributed by atoms with Gasteiger partial charge in [0, 0.05) is 17.8 Å². The summed E-state index contributed by atoms with van der Waals surface area (Å²) in [6, 6.07) is 14.8. The number of carbonyl (C=O) groups excluding carboxylic acids is 1. The SMILES string of the molecule is CCOc1ccccc1C(=O)Nc1cc(CCc2cc(OC)cc(OC)c2)[nH]n1. The van der Waals surface area contributed by atoms with E-state index >= 15 is 0 Å². The molecule has 0 unspecified atom stereocenters. The number of benzene rings is 2. The lowest BCUT2D eigenvalue weighted by Crippen LogP contribution is -2.13. The highest BCUT2D eigenvalue weighted by Crippen LogP contribution is 2.24. The van der Waals surface area contributed by atoms with Crippen molar-refractivity contribution in [3.63, 3.8) is 0 Å². The van der Waals surface area contributed by atoms with Crippen molar-refractivity contribution >= 4 is 11.7 Å². The van der Waals surface area contributed by atoms with Gasteiger partial charge < -0.3 is 19.5 Å². The summed E-state index contributed by atoms with van der Waals surface area (Å²) in [5.41, 5.74) is 2.48. The molecule has 0 aliphatic rings. The average Bonchev–Trinajstić information content (AvgIpc) is 3.19. The molecule has 7 nitrogen and oxygen atoms in total. The zero-order valence-electron chi connectivity index (χ0n) is 16.8. The van der Waals surface area contributed by atoms with Gasteiger partial charge in [-0.3, -0.25) is 9.89 Å². The number of para-hydroxylation sites is 1. The van der Waals surface area contributed by atoms with Crippen molar-refractivity contribution in [1.29, 1.82) is 0 Å². The van der Waals surface area contributed by atoms with Crippen LogP contribution in [0.2, 0.25) is 0 Å². The lowest BCUT2D eigenvalue weighted by molar-refractivity contribution is 0.102. The van der Waals surface area contributed by atoms with Crippen LogP contribution in [-0.4, -0.2) is 36.9 Å². The number of aromatic nitrogens is 2. The van der Waals surface area contributed by atoms with Gasteiger partial charge in [-0.05, 0) is 49.6 Å². The monoisotopic (exact) mass is 395 g/mol. The van der Waals surface area contributed by atoms with Gasteiger partial charge in [0.05, 0.1) is 26.4 Å².